The van der Waals surface area contributed by atoms with Gasteiger partial charge in [-0.3, -0.25) is 9.59 Å². The van der Waals surface area contributed by atoms with Gasteiger partial charge in [0.15, 0.2) is 0 Å². The van der Waals surface area contributed by atoms with E-state index in [-0.39, 0.29) is 0 Å². The van der Waals surface area contributed by atoms with E-state index < -0.39 is 10.9 Å². The van der Waals surface area contributed by atoms with Crippen LogP contribution in [0.4, 0.5) is 11.4 Å². The largest absolute Gasteiger partial charge is 0.379 e. The van der Waals surface area contributed by atoms with Crippen molar-refractivity contribution in [2.75, 3.05) is 37.4 Å². The molecule has 0 bridgehead atoms. The van der Waals surface area contributed by atoms with Crippen LogP contribution in [0.2, 0.25) is 0 Å². The molecule has 0 spiro atoms. The second-order valence-electron chi connectivity index (χ2n) is 2.99. The molecule has 0 atom stereocenters. The van der Waals surface area contributed by atoms with Gasteiger partial charge < -0.3 is 16.0 Å². The minimum absolute atomic E-state index is 0.389. The zero-order valence-electron chi connectivity index (χ0n) is 7.76. The molecule has 72 valence electrons. The van der Waals surface area contributed by atoms with Crippen LogP contribution in [0.3, 0.4) is 0 Å². The van der Waals surface area contributed by atoms with Crippen LogP contribution in [0.1, 0.15) is 0 Å². The number of anilines is 2. The maximum Gasteiger partial charge on any atom is 0.253 e. The number of hydrogen-bond acceptors (Lipinski definition) is 5. The first-order valence-corrected chi connectivity index (χ1v) is 4.04. The summed E-state index contributed by atoms with van der Waals surface area (Å²) >= 11 is 0. The molecule has 1 aromatic rings. The standard InChI is InChI=1S/C8H13N3O2/c1-11(2)6-5(10-4-3-9)7(12)8(6)13/h10H,3-4,9H2,1-2H3. The third-order valence-electron chi connectivity index (χ3n) is 1.78. The van der Waals surface area contributed by atoms with E-state index in [1.165, 1.54) is 0 Å². The van der Waals surface area contributed by atoms with Crippen molar-refractivity contribution in [2.45, 2.75) is 0 Å². The van der Waals surface area contributed by atoms with Gasteiger partial charge in [0.2, 0.25) is 0 Å². The smallest absolute Gasteiger partial charge is 0.253 e. The highest BCUT2D eigenvalue weighted by molar-refractivity contribution is 5.74. The van der Waals surface area contributed by atoms with Crippen molar-refractivity contribution in [1.29, 1.82) is 0 Å². The maximum atomic E-state index is 11.1. The predicted molar refractivity (Wildman–Crippen MR) is 53.2 cm³/mol. The molecule has 13 heavy (non-hydrogen) atoms. The van der Waals surface area contributed by atoms with Gasteiger partial charge in [-0.05, 0) is 0 Å². The minimum atomic E-state index is -0.447. The lowest BCUT2D eigenvalue weighted by atomic mass is 10.2. The Kier molecular flexibility index (Phi) is 2.67. The molecule has 5 nitrogen and oxygen atoms in total. The average Bonchev–Trinajstić information content (AvgIpc) is 2.09. The third-order valence-corrected chi connectivity index (χ3v) is 1.78. The van der Waals surface area contributed by atoms with Crippen molar-refractivity contribution < 1.29 is 0 Å². The van der Waals surface area contributed by atoms with Gasteiger partial charge in [-0.15, -0.1) is 0 Å². The van der Waals surface area contributed by atoms with Crippen molar-refractivity contribution in [3.63, 3.8) is 0 Å². The van der Waals surface area contributed by atoms with E-state index >= 15 is 0 Å². The van der Waals surface area contributed by atoms with Gasteiger partial charge in [0.05, 0.1) is 0 Å². The van der Waals surface area contributed by atoms with E-state index in [0.717, 1.165) is 0 Å². The number of hydrogen-bond donors (Lipinski definition) is 2. The first-order valence-electron chi connectivity index (χ1n) is 4.04. The van der Waals surface area contributed by atoms with Crippen molar-refractivity contribution in [3.05, 3.63) is 20.4 Å². The normalized spacial score (nSPS) is 10.4. The lowest BCUT2D eigenvalue weighted by Crippen LogP contribution is -2.40. The molecule has 5 heteroatoms. The molecule has 0 aliphatic carbocycles. The fraction of sp³-hybridized carbons (Fsp3) is 0.500. The molecule has 0 radical (unpaired) electrons. The van der Waals surface area contributed by atoms with Crippen LogP contribution in [-0.4, -0.2) is 27.2 Å². The lowest BCUT2D eigenvalue weighted by Gasteiger charge is -2.18. The summed E-state index contributed by atoms with van der Waals surface area (Å²) in [5.74, 6) is 0. The van der Waals surface area contributed by atoms with E-state index in [1.807, 2.05) is 0 Å². The first-order chi connectivity index (χ1) is 6.09. The topological polar surface area (TPSA) is 75.4 Å². The molecular formula is C8H13N3O2. The summed E-state index contributed by atoms with van der Waals surface area (Å²) in [6, 6.07) is 0. The molecule has 0 saturated heterocycles. The number of nitrogens with two attached hydrogens (primary N) is 1. The Morgan fingerprint density at radius 3 is 2.38 bits per heavy atom. The Balaban J connectivity index is 2.89. The molecule has 0 aromatic heterocycles. The van der Waals surface area contributed by atoms with E-state index in [4.69, 9.17) is 5.73 Å². The quantitative estimate of drug-likeness (QED) is 0.569. The summed E-state index contributed by atoms with van der Waals surface area (Å²) < 4.78 is 0. The highest BCUT2D eigenvalue weighted by Gasteiger charge is 2.21. The Morgan fingerprint density at radius 2 is 1.92 bits per heavy atom. The summed E-state index contributed by atoms with van der Waals surface area (Å²) in [5.41, 5.74) is 5.22. The van der Waals surface area contributed by atoms with Crippen LogP contribution in [0.25, 0.3) is 0 Å². The van der Waals surface area contributed by atoms with Crippen LogP contribution < -0.4 is 26.8 Å². The summed E-state index contributed by atoms with van der Waals surface area (Å²) in [4.78, 5) is 23.7. The Labute approximate surface area is 75.8 Å². The van der Waals surface area contributed by atoms with Crippen LogP contribution in [0.15, 0.2) is 9.59 Å². The molecule has 3 N–H and O–H groups in total. The van der Waals surface area contributed by atoms with Crippen molar-refractivity contribution in [2.24, 2.45) is 5.73 Å². The van der Waals surface area contributed by atoms with Gasteiger partial charge in [-0.2, -0.15) is 0 Å². The number of rotatable bonds is 4. The summed E-state index contributed by atoms with van der Waals surface area (Å²) in [5, 5.41) is 2.82. The van der Waals surface area contributed by atoms with Gasteiger partial charge in [0.25, 0.3) is 10.9 Å². The highest BCUT2D eigenvalue weighted by Crippen LogP contribution is 2.16. The van der Waals surface area contributed by atoms with Gasteiger partial charge in [-0.25, -0.2) is 0 Å². The fourth-order valence-electron chi connectivity index (χ4n) is 1.17. The van der Waals surface area contributed by atoms with Gasteiger partial charge >= 0.3 is 0 Å². The molecular weight excluding hydrogens is 170 g/mol. The molecule has 0 saturated carbocycles. The van der Waals surface area contributed by atoms with E-state index in [9.17, 15) is 9.59 Å². The zero-order chi connectivity index (χ0) is 10.0. The Morgan fingerprint density at radius 1 is 1.31 bits per heavy atom. The molecule has 0 unspecified atom stereocenters. The van der Waals surface area contributed by atoms with Crippen molar-refractivity contribution >= 4 is 11.4 Å². The SMILES string of the molecule is CN(C)c1c(NCCN)c(=O)c1=O. The molecule has 0 heterocycles. The van der Waals surface area contributed by atoms with Gasteiger partial charge in [0, 0.05) is 27.2 Å². The molecule has 0 fully saturated rings. The molecule has 0 aliphatic rings. The summed E-state index contributed by atoms with van der Waals surface area (Å²) in [6.45, 7) is 0.942. The first kappa shape index (κ1) is 9.73. The second kappa shape index (κ2) is 3.57. The highest BCUT2D eigenvalue weighted by atomic mass is 16.2. The fourth-order valence-corrected chi connectivity index (χ4v) is 1.17. The van der Waals surface area contributed by atoms with Crippen LogP contribution in [0.5, 0.6) is 0 Å². The van der Waals surface area contributed by atoms with Crippen LogP contribution in [-0.2, 0) is 0 Å². The lowest BCUT2D eigenvalue weighted by molar-refractivity contribution is 1.00. The average molecular weight is 183 g/mol. The van der Waals surface area contributed by atoms with E-state index in [2.05, 4.69) is 5.32 Å². The van der Waals surface area contributed by atoms with Crippen molar-refractivity contribution in [3.8, 4) is 0 Å². The molecule has 1 rings (SSSR count). The maximum absolute atomic E-state index is 11.1. The Hall–Kier alpha value is -1.36. The predicted octanol–water partition coefficient (Wildman–Crippen LogP) is -1.28. The minimum Gasteiger partial charge on any atom is -0.379 e. The zero-order valence-corrected chi connectivity index (χ0v) is 7.76. The molecule has 1 aromatic carbocycles. The van der Waals surface area contributed by atoms with Crippen LogP contribution in [0, 0.1) is 0 Å². The third kappa shape index (κ3) is 1.55. The number of nitrogens with zero attached hydrogens (tertiary/aromatic N) is 1. The van der Waals surface area contributed by atoms with Gasteiger partial charge in [-0.1, -0.05) is 0 Å². The molecule has 0 amide bonds. The summed E-state index contributed by atoms with van der Waals surface area (Å²) in [7, 11) is 3.45. The molecule has 0 aliphatic heterocycles. The van der Waals surface area contributed by atoms with E-state index in [1.54, 1.807) is 19.0 Å². The van der Waals surface area contributed by atoms with Gasteiger partial charge in [0.1, 0.15) is 11.4 Å². The summed E-state index contributed by atoms with van der Waals surface area (Å²) in [6.07, 6.45) is 0. The Bertz CT molecular complexity index is 363. The van der Waals surface area contributed by atoms with Crippen molar-refractivity contribution in [1.82, 2.24) is 0 Å². The van der Waals surface area contributed by atoms with E-state index in [0.29, 0.717) is 24.5 Å². The number of nitrogens with one attached hydrogen (secondary N) is 1. The second-order valence-corrected chi connectivity index (χ2v) is 2.99. The van der Waals surface area contributed by atoms with Crippen LogP contribution >= 0.6 is 0 Å². The monoisotopic (exact) mass is 183 g/mol.